The molecule has 0 saturated heterocycles. The van der Waals surface area contributed by atoms with Crippen molar-refractivity contribution >= 4 is 12.0 Å². The van der Waals surface area contributed by atoms with Gasteiger partial charge in [0.1, 0.15) is 17.7 Å². The van der Waals surface area contributed by atoms with Crippen molar-refractivity contribution in [2.75, 3.05) is 6.54 Å². The number of benzene rings is 4. The van der Waals surface area contributed by atoms with Gasteiger partial charge < -0.3 is 30.2 Å². The first-order chi connectivity index (χ1) is 27.8. The summed E-state index contributed by atoms with van der Waals surface area (Å²) in [5.74, 6) is -1.07. The largest absolute Gasteiger partial charge is 0.443 e. The van der Waals surface area contributed by atoms with E-state index in [1.54, 1.807) is 4.90 Å². The fourth-order valence-electron chi connectivity index (χ4n) is 9.61. The van der Waals surface area contributed by atoms with Gasteiger partial charge in [-0.05, 0) is 65.3 Å². The summed E-state index contributed by atoms with van der Waals surface area (Å²) >= 11 is 0. The van der Waals surface area contributed by atoms with E-state index in [2.05, 4.69) is 41.0 Å². The van der Waals surface area contributed by atoms with Gasteiger partial charge in [-0.3, -0.25) is 4.79 Å². The number of hydrogen-bond acceptors (Lipinski definition) is 6. The minimum atomic E-state index is -1.19. The van der Waals surface area contributed by atoms with E-state index >= 15 is 0 Å². The second-order valence-corrected chi connectivity index (χ2v) is 16.4. The number of amides is 2. The lowest BCUT2D eigenvalue weighted by Crippen LogP contribution is -2.50. The molecule has 5 aromatic rings. The number of primary amides is 1. The van der Waals surface area contributed by atoms with Crippen LogP contribution >= 0.6 is 0 Å². The molecule has 296 valence electrons. The molecule has 2 fully saturated rings. The fourth-order valence-corrected chi connectivity index (χ4v) is 9.61. The molecule has 0 radical (unpaired) electrons. The highest BCUT2D eigenvalue weighted by Gasteiger charge is 2.45. The number of aliphatic hydroxyl groups is 2. The average molecular weight is 767 g/mol. The van der Waals surface area contributed by atoms with Crippen LogP contribution < -0.4 is 5.73 Å². The molecule has 9 nitrogen and oxygen atoms in total. The molecule has 5 atom stereocenters. The van der Waals surface area contributed by atoms with Crippen LogP contribution in [0.3, 0.4) is 0 Å². The number of carbonyl (C=O) groups excluding carboxylic acids is 2. The number of imidazole rings is 1. The Morgan fingerprint density at radius 3 is 1.95 bits per heavy atom. The van der Waals surface area contributed by atoms with Gasteiger partial charge in [0.25, 0.3) is 0 Å². The second kappa shape index (κ2) is 17.1. The van der Waals surface area contributed by atoms with Crippen LogP contribution in [0.25, 0.3) is 0 Å². The number of hydrogen-bond donors (Lipinski definition) is 3. The number of aliphatic hydroxyl groups excluding tert-OH is 2. The Kier molecular flexibility index (Phi) is 11.6. The fraction of sp³-hybridized carbons (Fsp3) is 0.396. The van der Waals surface area contributed by atoms with E-state index in [0.717, 1.165) is 66.3 Å². The molecule has 1 aromatic heterocycles. The molecular formula is C48H54N4O5. The first kappa shape index (κ1) is 38.6. The van der Waals surface area contributed by atoms with E-state index in [4.69, 9.17) is 15.5 Å². The van der Waals surface area contributed by atoms with Crippen molar-refractivity contribution in [3.8, 4) is 0 Å². The summed E-state index contributed by atoms with van der Waals surface area (Å²) in [5.41, 5.74) is 11.2. The van der Waals surface area contributed by atoms with Crippen molar-refractivity contribution in [1.82, 2.24) is 14.5 Å². The van der Waals surface area contributed by atoms with Crippen LogP contribution in [0.2, 0.25) is 0 Å². The molecule has 9 heteroatoms. The molecule has 8 rings (SSSR count). The van der Waals surface area contributed by atoms with Gasteiger partial charge in [-0.15, -0.1) is 0 Å². The quantitative estimate of drug-likeness (QED) is 0.100. The number of ether oxygens (including phenoxy) is 1. The summed E-state index contributed by atoms with van der Waals surface area (Å²) in [5, 5.41) is 22.5. The zero-order valence-corrected chi connectivity index (χ0v) is 32.5. The molecule has 2 saturated carbocycles. The third kappa shape index (κ3) is 8.00. The monoisotopic (exact) mass is 766 g/mol. The van der Waals surface area contributed by atoms with Crippen LogP contribution in [0.5, 0.6) is 0 Å². The van der Waals surface area contributed by atoms with E-state index in [0.29, 0.717) is 31.0 Å². The van der Waals surface area contributed by atoms with Gasteiger partial charge in [-0.2, -0.15) is 0 Å². The Labute approximate surface area is 335 Å². The summed E-state index contributed by atoms with van der Waals surface area (Å²) in [6, 6.07) is 38.1. The molecule has 2 heterocycles. The Morgan fingerprint density at radius 2 is 1.37 bits per heavy atom. The first-order valence-corrected chi connectivity index (χ1v) is 20.7. The first-order valence-electron chi connectivity index (χ1n) is 20.7. The third-order valence-corrected chi connectivity index (χ3v) is 12.7. The van der Waals surface area contributed by atoms with E-state index in [1.807, 2.05) is 91.4 Å². The summed E-state index contributed by atoms with van der Waals surface area (Å²) in [6.45, 7) is 0.315. The van der Waals surface area contributed by atoms with Crippen molar-refractivity contribution < 1.29 is 24.5 Å². The molecule has 2 amide bonds. The second-order valence-electron chi connectivity index (χ2n) is 16.4. The smallest absolute Gasteiger partial charge is 0.410 e. The molecule has 1 aliphatic heterocycles. The van der Waals surface area contributed by atoms with Gasteiger partial charge >= 0.3 is 6.09 Å². The number of fused-ring (bicyclic) bond motifs is 1. The molecule has 0 spiro atoms. The Bertz CT molecular complexity index is 2000. The van der Waals surface area contributed by atoms with E-state index in [9.17, 15) is 19.8 Å². The van der Waals surface area contributed by atoms with Gasteiger partial charge in [-0.1, -0.05) is 147 Å². The van der Waals surface area contributed by atoms with Gasteiger partial charge in [0.15, 0.2) is 0 Å². The standard InChI is InChI=1S/C48H54N4O5/c49-46(55)41(30-39-31-51(32-50-39)48(36-18-7-2-8-19-36,37-20-9-3-10-21-37)38-22-11-4-12-23-38)43-40-24-14-13-17-34(40)27-28-52(43)47(56)57-42(29-33-15-5-1-6-16-33)45(54)44(53)35-25-26-35/h2-4,7-14,17-24,31-33,35,41-45,53-54H,1,5-6,15-16,25-30H2,(H2,49,55)/t41?,42-,43?,44-,45-/m0/s1. The lowest BCUT2D eigenvalue weighted by atomic mass is 9.76. The Morgan fingerprint density at radius 1 is 0.789 bits per heavy atom. The summed E-state index contributed by atoms with van der Waals surface area (Å²) in [7, 11) is 0. The van der Waals surface area contributed by atoms with Crippen molar-refractivity contribution in [1.29, 1.82) is 0 Å². The lowest BCUT2D eigenvalue weighted by Gasteiger charge is -2.41. The Balaban J connectivity index is 1.14. The highest BCUT2D eigenvalue weighted by molar-refractivity contribution is 5.80. The molecule has 2 unspecified atom stereocenters. The van der Waals surface area contributed by atoms with Crippen LogP contribution in [-0.2, 0) is 27.9 Å². The SMILES string of the molecule is NC(=O)C(Cc1cn(C(c2ccccc2)(c2ccccc2)c2ccccc2)cn1)C1c2ccccc2CCN1C(=O)O[C@@H](CC1CCCCC1)[C@H](O)[C@@H](O)C1CC1. The highest BCUT2D eigenvalue weighted by Crippen LogP contribution is 2.43. The van der Waals surface area contributed by atoms with E-state index in [-0.39, 0.29) is 12.3 Å². The summed E-state index contributed by atoms with van der Waals surface area (Å²) in [4.78, 5) is 34.8. The van der Waals surface area contributed by atoms with Crippen LogP contribution in [0.4, 0.5) is 4.79 Å². The molecular weight excluding hydrogens is 713 g/mol. The number of rotatable bonds is 14. The molecule has 3 aliphatic rings. The van der Waals surface area contributed by atoms with Crippen molar-refractivity contribution in [3.63, 3.8) is 0 Å². The highest BCUT2D eigenvalue weighted by atomic mass is 16.6. The Hall–Kier alpha value is -5.25. The predicted octanol–water partition coefficient (Wildman–Crippen LogP) is 7.57. The zero-order valence-electron chi connectivity index (χ0n) is 32.5. The van der Waals surface area contributed by atoms with Gasteiger partial charge in [0.05, 0.1) is 30.1 Å². The summed E-state index contributed by atoms with van der Waals surface area (Å²) < 4.78 is 8.39. The minimum absolute atomic E-state index is 0.0191. The molecule has 4 aromatic carbocycles. The molecule has 2 aliphatic carbocycles. The maximum Gasteiger partial charge on any atom is 0.410 e. The van der Waals surface area contributed by atoms with Crippen molar-refractivity contribution in [2.24, 2.45) is 23.5 Å². The normalized spacial score (nSPS) is 19.5. The maximum atomic E-state index is 14.5. The van der Waals surface area contributed by atoms with Crippen LogP contribution in [0, 0.1) is 17.8 Å². The molecule has 57 heavy (non-hydrogen) atoms. The number of nitrogens with zero attached hydrogens (tertiary/aromatic N) is 3. The maximum absolute atomic E-state index is 14.5. The van der Waals surface area contributed by atoms with E-state index in [1.165, 1.54) is 6.42 Å². The van der Waals surface area contributed by atoms with Crippen LogP contribution in [0.15, 0.2) is 128 Å². The van der Waals surface area contributed by atoms with Gasteiger partial charge in [0, 0.05) is 19.2 Å². The predicted molar refractivity (Wildman–Crippen MR) is 219 cm³/mol. The molecule has 0 bridgehead atoms. The van der Waals surface area contributed by atoms with Crippen molar-refractivity contribution in [2.45, 2.75) is 94.1 Å². The van der Waals surface area contributed by atoms with Gasteiger partial charge in [-0.25, -0.2) is 9.78 Å². The van der Waals surface area contributed by atoms with Crippen LogP contribution in [0.1, 0.15) is 90.9 Å². The van der Waals surface area contributed by atoms with Gasteiger partial charge in [0.2, 0.25) is 5.91 Å². The number of carbonyl (C=O) groups is 2. The zero-order chi connectivity index (χ0) is 39.4. The minimum Gasteiger partial charge on any atom is -0.443 e. The third-order valence-electron chi connectivity index (χ3n) is 12.7. The number of aromatic nitrogens is 2. The average Bonchev–Trinajstić information content (AvgIpc) is 4.01. The summed E-state index contributed by atoms with van der Waals surface area (Å²) in [6.07, 6.45) is 8.59. The van der Waals surface area contributed by atoms with E-state index < -0.39 is 47.8 Å². The number of nitrogens with two attached hydrogens (primary N) is 1. The topological polar surface area (TPSA) is 131 Å². The molecule has 4 N–H and O–H groups in total. The van der Waals surface area contributed by atoms with Crippen molar-refractivity contribution in [3.05, 3.63) is 161 Å². The lowest BCUT2D eigenvalue weighted by molar-refractivity contribution is -0.124. The van der Waals surface area contributed by atoms with Crippen LogP contribution in [-0.4, -0.2) is 61.5 Å².